The fraction of sp³-hybridized carbons (Fsp3) is 0.333. The van der Waals surface area contributed by atoms with Gasteiger partial charge in [-0.2, -0.15) is 0 Å². The number of hydrogen-bond donors (Lipinski definition) is 0. The molecule has 0 fully saturated rings. The Bertz CT molecular complexity index is 776. The Kier molecular flexibility index (Phi) is 3.72. The normalized spacial score (nSPS) is 13.8. The molecule has 3 rings (SSSR count). The van der Waals surface area contributed by atoms with Crippen molar-refractivity contribution in [2.24, 2.45) is 0 Å². The highest BCUT2D eigenvalue weighted by Gasteiger charge is 2.31. The average molecular weight is 340 g/mol. The van der Waals surface area contributed by atoms with E-state index in [1.165, 1.54) is 0 Å². The first-order chi connectivity index (χ1) is 9.93. The minimum Gasteiger partial charge on any atom is -0.314 e. The summed E-state index contributed by atoms with van der Waals surface area (Å²) in [5.74, 6) is 0.806. The number of alkyl halides is 1. The summed E-state index contributed by atoms with van der Waals surface area (Å²) < 4.78 is 2.14. The van der Waals surface area contributed by atoms with Crippen LogP contribution in [0.5, 0.6) is 0 Å². The molecule has 0 bridgehead atoms. The van der Waals surface area contributed by atoms with Crippen molar-refractivity contribution >= 4 is 45.6 Å². The molecule has 0 aliphatic carbocycles. The van der Waals surface area contributed by atoms with Crippen LogP contribution in [-0.2, 0) is 5.54 Å². The van der Waals surface area contributed by atoms with Gasteiger partial charge in [0.25, 0.3) is 0 Å². The van der Waals surface area contributed by atoms with Crippen LogP contribution in [0, 0.1) is 0 Å². The third-order valence-electron chi connectivity index (χ3n) is 3.53. The molecule has 110 valence electrons. The van der Waals surface area contributed by atoms with Gasteiger partial charge in [0, 0.05) is 11.6 Å². The quantitative estimate of drug-likeness (QED) is 0.611. The minimum absolute atomic E-state index is 0.215. The Morgan fingerprint density at radius 1 is 1.33 bits per heavy atom. The van der Waals surface area contributed by atoms with E-state index >= 15 is 0 Å². The van der Waals surface area contributed by atoms with Crippen molar-refractivity contribution in [2.75, 3.05) is 0 Å². The molecule has 21 heavy (non-hydrogen) atoms. The molecule has 2 aromatic heterocycles. The van der Waals surface area contributed by atoms with Gasteiger partial charge in [-0.05, 0) is 32.9 Å². The van der Waals surface area contributed by atoms with Gasteiger partial charge in [-0.15, -0.1) is 22.9 Å². The molecule has 0 amide bonds. The van der Waals surface area contributed by atoms with Crippen LogP contribution in [0.1, 0.15) is 37.0 Å². The highest BCUT2D eigenvalue weighted by molar-refractivity contribution is 7.09. The molecule has 0 radical (unpaired) electrons. The van der Waals surface area contributed by atoms with Gasteiger partial charge in [0.2, 0.25) is 0 Å². The number of imidazole rings is 1. The van der Waals surface area contributed by atoms with E-state index in [1.54, 1.807) is 11.3 Å². The highest BCUT2D eigenvalue weighted by atomic mass is 35.5. The maximum Gasteiger partial charge on any atom is 0.128 e. The van der Waals surface area contributed by atoms with Crippen LogP contribution >= 0.6 is 34.5 Å². The Morgan fingerprint density at radius 3 is 2.71 bits per heavy atom. The molecule has 6 heteroatoms. The van der Waals surface area contributed by atoms with Crippen molar-refractivity contribution in [2.45, 2.75) is 31.7 Å². The number of thiazole rings is 1. The van der Waals surface area contributed by atoms with Crippen LogP contribution in [0.2, 0.25) is 5.02 Å². The molecular weight excluding hydrogens is 325 g/mol. The maximum atomic E-state index is 6.36. The first-order valence-corrected chi connectivity index (χ1v) is 8.33. The maximum absolute atomic E-state index is 6.36. The molecular formula is C15H15Cl2N3S. The van der Waals surface area contributed by atoms with Gasteiger partial charge in [0.05, 0.1) is 21.5 Å². The number of aromatic nitrogens is 3. The molecule has 1 unspecified atom stereocenters. The summed E-state index contributed by atoms with van der Waals surface area (Å²) in [5, 5.41) is 3.42. The molecule has 0 aliphatic heterocycles. The van der Waals surface area contributed by atoms with E-state index in [0.29, 0.717) is 5.02 Å². The number of hydrogen-bond acceptors (Lipinski definition) is 3. The van der Waals surface area contributed by atoms with Gasteiger partial charge >= 0.3 is 0 Å². The zero-order valence-electron chi connectivity index (χ0n) is 12.0. The summed E-state index contributed by atoms with van der Waals surface area (Å²) in [6.07, 6.45) is 1.82. The van der Waals surface area contributed by atoms with Crippen LogP contribution in [0.4, 0.5) is 0 Å². The van der Waals surface area contributed by atoms with E-state index in [9.17, 15) is 0 Å². The van der Waals surface area contributed by atoms with Crippen molar-refractivity contribution in [1.82, 2.24) is 14.5 Å². The fourth-order valence-corrected chi connectivity index (χ4v) is 3.67. The molecule has 0 saturated heterocycles. The SMILES string of the molecule is CC(Cl)c1nc2c(Cl)cccc2n1C(C)(C)c1nccs1. The van der Waals surface area contributed by atoms with Gasteiger partial charge in [-0.3, -0.25) is 0 Å². The second kappa shape index (κ2) is 5.27. The van der Waals surface area contributed by atoms with Crippen molar-refractivity contribution in [3.8, 4) is 0 Å². The van der Waals surface area contributed by atoms with Gasteiger partial charge in [0.1, 0.15) is 16.3 Å². The van der Waals surface area contributed by atoms with Crippen molar-refractivity contribution < 1.29 is 0 Å². The van der Waals surface area contributed by atoms with Gasteiger partial charge in [-0.1, -0.05) is 17.7 Å². The number of nitrogens with zero attached hydrogens (tertiary/aromatic N) is 3. The van der Waals surface area contributed by atoms with Crippen LogP contribution in [-0.4, -0.2) is 14.5 Å². The lowest BCUT2D eigenvalue weighted by Crippen LogP contribution is -2.29. The van der Waals surface area contributed by atoms with Crippen LogP contribution in [0.3, 0.4) is 0 Å². The second-order valence-electron chi connectivity index (χ2n) is 5.43. The average Bonchev–Trinajstić information content (AvgIpc) is 3.07. The fourth-order valence-electron chi connectivity index (χ4n) is 2.56. The van der Waals surface area contributed by atoms with E-state index < -0.39 is 0 Å². The molecule has 0 aliphatic rings. The Morgan fingerprint density at radius 2 is 2.10 bits per heavy atom. The van der Waals surface area contributed by atoms with Crippen molar-refractivity contribution in [3.63, 3.8) is 0 Å². The summed E-state index contributed by atoms with van der Waals surface area (Å²) >= 11 is 14.3. The monoisotopic (exact) mass is 339 g/mol. The molecule has 1 atom stereocenters. The summed E-state index contributed by atoms with van der Waals surface area (Å²) in [6, 6.07) is 5.80. The van der Waals surface area contributed by atoms with Gasteiger partial charge in [0.15, 0.2) is 0 Å². The smallest absolute Gasteiger partial charge is 0.128 e. The molecule has 3 nitrogen and oxygen atoms in total. The largest absolute Gasteiger partial charge is 0.314 e. The minimum atomic E-state index is -0.341. The lowest BCUT2D eigenvalue weighted by atomic mass is 10.1. The van der Waals surface area contributed by atoms with E-state index in [4.69, 9.17) is 23.2 Å². The van der Waals surface area contributed by atoms with Crippen LogP contribution in [0.25, 0.3) is 11.0 Å². The van der Waals surface area contributed by atoms with Crippen LogP contribution in [0.15, 0.2) is 29.8 Å². The molecule has 0 spiro atoms. The van der Waals surface area contributed by atoms with Crippen molar-refractivity contribution in [3.05, 3.63) is 45.6 Å². The molecule has 0 N–H and O–H groups in total. The number of fused-ring (bicyclic) bond motifs is 1. The molecule has 1 aromatic carbocycles. The van der Waals surface area contributed by atoms with E-state index in [1.807, 2.05) is 36.7 Å². The van der Waals surface area contributed by atoms with Crippen LogP contribution < -0.4 is 0 Å². The van der Waals surface area contributed by atoms with Gasteiger partial charge in [-0.25, -0.2) is 9.97 Å². The molecule has 2 heterocycles. The molecule has 0 saturated carbocycles. The topological polar surface area (TPSA) is 30.7 Å². The number of benzene rings is 1. The first-order valence-electron chi connectivity index (χ1n) is 6.64. The number of para-hydroxylation sites is 1. The summed E-state index contributed by atoms with van der Waals surface area (Å²) in [4.78, 5) is 9.13. The third kappa shape index (κ3) is 2.35. The van der Waals surface area contributed by atoms with Gasteiger partial charge < -0.3 is 4.57 Å². The predicted molar refractivity (Wildman–Crippen MR) is 89.5 cm³/mol. The lowest BCUT2D eigenvalue weighted by molar-refractivity contribution is 0.429. The van der Waals surface area contributed by atoms with E-state index in [-0.39, 0.29) is 10.9 Å². The zero-order chi connectivity index (χ0) is 15.2. The zero-order valence-corrected chi connectivity index (χ0v) is 14.3. The standard InChI is InChI=1S/C15H15Cl2N3S/c1-9(16)13-19-12-10(17)5-4-6-11(12)20(13)15(2,3)14-18-7-8-21-14/h4-9H,1-3H3. The molecule has 3 aromatic rings. The van der Waals surface area contributed by atoms with E-state index in [0.717, 1.165) is 21.9 Å². The summed E-state index contributed by atoms with van der Waals surface area (Å²) in [6.45, 7) is 6.17. The summed E-state index contributed by atoms with van der Waals surface area (Å²) in [5.41, 5.74) is 1.42. The second-order valence-corrected chi connectivity index (χ2v) is 7.38. The first kappa shape index (κ1) is 14.8. The predicted octanol–water partition coefficient (Wildman–Crippen LogP) is 5.23. The summed E-state index contributed by atoms with van der Waals surface area (Å²) in [7, 11) is 0. The Labute approximate surface area is 137 Å². The lowest BCUT2D eigenvalue weighted by Gasteiger charge is -2.28. The number of halogens is 2. The number of rotatable bonds is 3. The van der Waals surface area contributed by atoms with Crippen molar-refractivity contribution in [1.29, 1.82) is 0 Å². The third-order valence-corrected chi connectivity index (χ3v) is 5.12. The highest BCUT2D eigenvalue weighted by Crippen LogP contribution is 2.37. The Balaban J connectivity index is 2.35. The van der Waals surface area contributed by atoms with E-state index in [2.05, 4.69) is 28.4 Å². The Hall–Kier alpha value is -1.10.